The molecule has 0 bridgehead atoms. The number of Topliss-reactive ketones (excluding diaryl/α,β-unsaturated/α-hetero) is 1. The van der Waals surface area contributed by atoms with Crippen LogP contribution in [-0.2, 0) is 22.7 Å². The number of carbonyl (C=O) groups is 3. The maximum atomic E-state index is 12.0. The zero-order valence-corrected chi connectivity index (χ0v) is 16.6. The van der Waals surface area contributed by atoms with Gasteiger partial charge in [-0.2, -0.15) is 13.2 Å². The van der Waals surface area contributed by atoms with Gasteiger partial charge in [0.15, 0.2) is 6.29 Å². The number of aldehydes is 1. The van der Waals surface area contributed by atoms with E-state index in [1.165, 1.54) is 0 Å². The second-order valence-electron chi connectivity index (χ2n) is 6.54. The number of carboxylic acids is 1. The minimum Gasteiger partial charge on any atom is -0.475 e. The Labute approximate surface area is 180 Å². The summed E-state index contributed by atoms with van der Waals surface area (Å²) in [6.45, 7) is 0.913. The van der Waals surface area contributed by atoms with Gasteiger partial charge in [0.05, 0.1) is 5.69 Å². The van der Waals surface area contributed by atoms with Crippen LogP contribution in [0.1, 0.15) is 21.6 Å². The molecule has 1 heterocycles. The summed E-state index contributed by atoms with van der Waals surface area (Å²) < 4.78 is 31.7. The Hall–Kier alpha value is -3.76. The molecule has 168 valence electrons. The summed E-state index contributed by atoms with van der Waals surface area (Å²) in [5, 5.41) is 7.12. The zero-order chi connectivity index (χ0) is 23.9. The highest BCUT2D eigenvalue weighted by Gasteiger charge is 2.38. The number of H-pyrrole nitrogens is 1. The van der Waals surface area contributed by atoms with Crippen LogP contribution in [0, 0.1) is 0 Å². The van der Waals surface area contributed by atoms with Gasteiger partial charge in [-0.3, -0.25) is 9.59 Å². The average molecular weight is 447 g/mol. The molecule has 0 aliphatic carbocycles. The Morgan fingerprint density at radius 2 is 1.34 bits per heavy atom. The SMILES string of the molecule is NCc1ccc(-c2c[nH]c(C(=O)C=O)c2-c2ccc(CN)cc2)cc1.O=C(O)C(F)(F)F. The molecule has 3 aromatic rings. The van der Waals surface area contributed by atoms with Gasteiger partial charge >= 0.3 is 12.1 Å². The Kier molecular flexibility index (Phi) is 8.05. The van der Waals surface area contributed by atoms with Gasteiger partial charge in [0.2, 0.25) is 5.78 Å². The normalized spacial score (nSPS) is 10.8. The van der Waals surface area contributed by atoms with Crippen LogP contribution in [0.3, 0.4) is 0 Å². The van der Waals surface area contributed by atoms with E-state index in [1.54, 1.807) is 6.20 Å². The maximum absolute atomic E-state index is 12.0. The van der Waals surface area contributed by atoms with Gasteiger partial charge in [-0.25, -0.2) is 4.79 Å². The molecule has 7 nitrogen and oxygen atoms in total. The predicted octanol–water partition coefficient (Wildman–Crippen LogP) is 3.28. The molecule has 0 amide bonds. The molecule has 32 heavy (non-hydrogen) atoms. The molecule has 3 rings (SSSR count). The van der Waals surface area contributed by atoms with E-state index in [-0.39, 0.29) is 5.69 Å². The Bertz CT molecular complexity index is 1090. The monoisotopic (exact) mass is 447 g/mol. The van der Waals surface area contributed by atoms with E-state index in [2.05, 4.69) is 4.98 Å². The van der Waals surface area contributed by atoms with Crippen LogP contribution >= 0.6 is 0 Å². The molecule has 0 unspecified atom stereocenters. The lowest BCUT2D eigenvalue weighted by Gasteiger charge is -2.08. The van der Waals surface area contributed by atoms with E-state index in [9.17, 15) is 22.8 Å². The van der Waals surface area contributed by atoms with Crippen molar-refractivity contribution in [3.05, 3.63) is 71.5 Å². The number of carbonyl (C=O) groups excluding carboxylic acids is 2. The maximum Gasteiger partial charge on any atom is 0.490 e. The Morgan fingerprint density at radius 1 is 0.906 bits per heavy atom. The molecule has 0 radical (unpaired) electrons. The number of hydrogen-bond acceptors (Lipinski definition) is 5. The standard InChI is InChI=1S/C20H19N3O2.C2HF3O2/c21-9-13-1-5-15(6-2-13)17-11-23-20(18(25)12-24)19(17)16-7-3-14(10-22)4-8-16;3-2(4,5)1(6)7/h1-8,11-12,23H,9-10,21-22H2;(H,6,7). The third-order valence-electron chi connectivity index (χ3n) is 4.46. The summed E-state index contributed by atoms with van der Waals surface area (Å²) in [7, 11) is 0. The van der Waals surface area contributed by atoms with Crippen LogP contribution in [0.5, 0.6) is 0 Å². The smallest absolute Gasteiger partial charge is 0.475 e. The number of aliphatic carboxylic acids is 1. The molecule has 0 fully saturated rings. The summed E-state index contributed by atoms with van der Waals surface area (Å²) in [6, 6.07) is 15.5. The van der Waals surface area contributed by atoms with Crippen molar-refractivity contribution in [1.82, 2.24) is 4.98 Å². The second-order valence-corrected chi connectivity index (χ2v) is 6.54. The molecule has 0 spiro atoms. The molecule has 1 aromatic heterocycles. The molecular weight excluding hydrogens is 427 g/mol. The lowest BCUT2D eigenvalue weighted by atomic mass is 9.94. The number of halogens is 3. The fourth-order valence-electron chi connectivity index (χ4n) is 2.83. The highest BCUT2D eigenvalue weighted by Crippen LogP contribution is 2.35. The molecule has 10 heteroatoms. The Morgan fingerprint density at radius 3 is 1.72 bits per heavy atom. The molecule has 6 N–H and O–H groups in total. The van der Waals surface area contributed by atoms with Crippen molar-refractivity contribution in [3.8, 4) is 22.3 Å². The van der Waals surface area contributed by atoms with E-state index in [4.69, 9.17) is 21.4 Å². The molecule has 0 saturated heterocycles. The quantitative estimate of drug-likeness (QED) is 0.260. The van der Waals surface area contributed by atoms with Crippen molar-refractivity contribution in [3.63, 3.8) is 0 Å². The van der Waals surface area contributed by atoms with Crippen LogP contribution in [0.15, 0.2) is 54.7 Å². The van der Waals surface area contributed by atoms with Crippen molar-refractivity contribution >= 4 is 18.0 Å². The largest absolute Gasteiger partial charge is 0.490 e. The number of nitrogens with two attached hydrogens (primary N) is 2. The number of nitrogens with one attached hydrogen (secondary N) is 1. The van der Waals surface area contributed by atoms with Crippen LogP contribution in [-0.4, -0.2) is 34.3 Å². The van der Waals surface area contributed by atoms with Gasteiger partial charge in [0.25, 0.3) is 0 Å². The number of rotatable bonds is 6. The van der Waals surface area contributed by atoms with Crippen LogP contribution in [0.2, 0.25) is 0 Å². The van der Waals surface area contributed by atoms with Crippen molar-refractivity contribution in [2.75, 3.05) is 0 Å². The highest BCUT2D eigenvalue weighted by atomic mass is 19.4. The summed E-state index contributed by atoms with van der Waals surface area (Å²) in [5.41, 5.74) is 17.0. The number of carboxylic acid groups (broad SMARTS) is 1. The van der Waals surface area contributed by atoms with Crippen molar-refractivity contribution in [2.24, 2.45) is 11.5 Å². The number of ketones is 1. The zero-order valence-electron chi connectivity index (χ0n) is 16.6. The molecule has 0 atom stereocenters. The van der Waals surface area contributed by atoms with E-state index in [0.717, 1.165) is 27.8 Å². The number of benzene rings is 2. The Balaban J connectivity index is 0.000000451. The molecule has 0 aliphatic rings. The summed E-state index contributed by atoms with van der Waals surface area (Å²) in [4.78, 5) is 34.9. The van der Waals surface area contributed by atoms with Gasteiger partial charge in [-0.15, -0.1) is 0 Å². The number of hydrogen-bond donors (Lipinski definition) is 4. The first-order chi connectivity index (χ1) is 15.1. The van der Waals surface area contributed by atoms with E-state index < -0.39 is 17.9 Å². The van der Waals surface area contributed by atoms with E-state index in [0.29, 0.717) is 24.9 Å². The van der Waals surface area contributed by atoms with Gasteiger partial charge in [-0.1, -0.05) is 48.5 Å². The van der Waals surface area contributed by atoms with Crippen molar-refractivity contribution in [2.45, 2.75) is 19.3 Å². The fourth-order valence-corrected chi connectivity index (χ4v) is 2.83. The van der Waals surface area contributed by atoms with Gasteiger partial charge in [0.1, 0.15) is 0 Å². The lowest BCUT2D eigenvalue weighted by molar-refractivity contribution is -0.192. The first-order valence-electron chi connectivity index (χ1n) is 9.22. The number of aromatic amines is 1. The predicted molar refractivity (Wildman–Crippen MR) is 112 cm³/mol. The van der Waals surface area contributed by atoms with Gasteiger partial charge in [0, 0.05) is 30.4 Å². The summed E-state index contributed by atoms with van der Waals surface area (Å²) in [5.74, 6) is -3.34. The number of aromatic nitrogens is 1. The average Bonchev–Trinajstić information content (AvgIpc) is 3.23. The lowest BCUT2D eigenvalue weighted by Crippen LogP contribution is -2.21. The van der Waals surface area contributed by atoms with Crippen LogP contribution < -0.4 is 11.5 Å². The summed E-state index contributed by atoms with van der Waals surface area (Å²) >= 11 is 0. The molecule has 0 saturated carbocycles. The molecule has 0 aliphatic heterocycles. The minimum atomic E-state index is -5.08. The summed E-state index contributed by atoms with van der Waals surface area (Å²) in [6.07, 6.45) is -3.01. The van der Waals surface area contributed by atoms with Gasteiger partial charge < -0.3 is 21.6 Å². The minimum absolute atomic E-state index is 0.286. The van der Waals surface area contributed by atoms with Crippen molar-refractivity contribution < 1.29 is 32.7 Å². The van der Waals surface area contributed by atoms with Crippen LogP contribution in [0.25, 0.3) is 22.3 Å². The first kappa shape index (κ1) is 24.5. The van der Waals surface area contributed by atoms with Crippen LogP contribution in [0.4, 0.5) is 13.2 Å². The van der Waals surface area contributed by atoms with Gasteiger partial charge in [-0.05, 0) is 22.3 Å². The second kappa shape index (κ2) is 10.5. The topological polar surface area (TPSA) is 139 Å². The molecule has 2 aromatic carbocycles. The third-order valence-corrected chi connectivity index (χ3v) is 4.46. The van der Waals surface area contributed by atoms with Crippen molar-refractivity contribution in [1.29, 1.82) is 0 Å². The number of alkyl halides is 3. The third kappa shape index (κ3) is 5.90. The van der Waals surface area contributed by atoms with E-state index in [1.807, 2.05) is 48.5 Å². The fraction of sp³-hybridized carbons (Fsp3) is 0.136. The van der Waals surface area contributed by atoms with E-state index >= 15 is 0 Å². The highest BCUT2D eigenvalue weighted by molar-refractivity contribution is 6.34. The molecular formula is C22H20F3N3O4. The first-order valence-corrected chi connectivity index (χ1v) is 9.22.